The van der Waals surface area contributed by atoms with Crippen LogP contribution in [-0.4, -0.2) is 50.3 Å². The van der Waals surface area contributed by atoms with Crippen molar-refractivity contribution in [2.24, 2.45) is 7.05 Å². The van der Waals surface area contributed by atoms with Gasteiger partial charge >= 0.3 is 12.1 Å². The first-order valence-corrected chi connectivity index (χ1v) is 11.8. The molecule has 3 rings (SSSR count). The monoisotopic (exact) mass is 525 g/mol. The maximum Gasteiger partial charge on any atom is 0.439 e. The van der Waals surface area contributed by atoms with Crippen LogP contribution in [0.3, 0.4) is 0 Å². The summed E-state index contributed by atoms with van der Waals surface area (Å²) in [6, 6.07) is 17.3. The van der Waals surface area contributed by atoms with Crippen LogP contribution in [0.4, 0.5) is 4.79 Å². The average molecular weight is 526 g/mol. The highest BCUT2D eigenvalue weighted by molar-refractivity contribution is 6.30. The van der Waals surface area contributed by atoms with Crippen molar-refractivity contribution in [1.82, 2.24) is 14.6 Å². The summed E-state index contributed by atoms with van der Waals surface area (Å²) in [5.74, 6) is -2.17. The smallest absolute Gasteiger partial charge is 0.421 e. The third-order valence-electron chi connectivity index (χ3n) is 5.20. The Hall–Kier alpha value is -4.11. The van der Waals surface area contributed by atoms with Crippen molar-refractivity contribution >= 4 is 35.5 Å². The van der Waals surface area contributed by atoms with E-state index in [9.17, 15) is 19.2 Å². The summed E-state index contributed by atoms with van der Waals surface area (Å²) in [7, 11) is 1.66. The molecule has 0 spiro atoms. The average Bonchev–Trinajstić information content (AvgIpc) is 3.27. The molecule has 0 radical (unpaired) electrons. The van der Waals surface area contributed by atoms with Gasteiger partial charge in [0.05, 0.1) is 5.54 Å². The van der Waals surface area contributed by atoms with Gasteiger partial charge in [-0.2, -0.15) is 0 Å². The van der Waals surface area contributed by atoms with Crippen LogP contribution >= 0.6 is 11.6 Å². The van der Waals surface area contributed by atoms with Gasteiger partial charge in [-0.1, -0.05) is 29.8 Å². The number of imide groups is 1. The number of hydrogen-bond acceptors (Lipinski definition) is 6. The fraction of sp³-hybridized carbons (Fsp3) is 0.259. The summed E-state index contributed by atoms with van der Waals surface area (Å²) in [5, 5.41) is 2.03. The first-order chi connectivity index (χ1) is 17.4. The summed E-state index contributed by atoms with van der Waals surface area (Å²) < 4.78 is 12.1. The molecular weight excluding hydrogens is 498 g/mol. The summed E-state index contributed by atoms with van der Waals surface area (Å²) in [4.78, 5) is 53.2. The van der Waals surface area contributed by atoms with Gasteiger partial charge in [-0.3, -0.25) is 9.59 Å². The number of ether oxygens (including phenoxy) is 2. The van der Waals surface area contributed by atoms with E-state index in [-0.39, 0.29) is 16.8 Å². The van der Waals surface area contributed by atoms with E-state index in [1.54, 1.807) is 81.0 Å². The Morgan fingerprint density at radius 3 is 1.97 bits per heavy atom. The summed E-state index contributed by atoms with van der Waals surface area (Å²) in [6.07, 6.45) is -0.911. The molecule has 3 aromatic rings. The number of carbonyl (C=O) groups is 4. The Morgan fingerprint density at radius 1 is 0.838 bits per heavy atom. The molecule has 0 aliphatic rings. The van der Waals surface area contributed by atoms with Crippen molar-refractivity contribution in [3.63, 3.8) is 0 Å². The molecule has 1 unspecified atom stereocenters. The molecule has 1 atom stereocenters. The number of hydrazine groups is 1. The Kier molecular flexibility index (Phi) is 8.39. The fourth-order valence-electron chi connectivity index (χ4n) is 3.47. The van der Waals surface area contributed by atoms with Gasteiger partial charge in [0.2, 0.25) is 6.29 Å². The van der Waals surface area contributed by atoms with Crippen LogP contribution in [0.5, 0.6) is 0 Å². The molecule has 3 amide bonds. The van der Waals surface area contributed by atoms with E-state index in [0.29, 0.717) is 10.0 Å². The lowest BCUT2D eigenvalue weighted by atomic mass is 10.1. The van der Waals surface area contributed by atoms with Crippen LogP contribution in [0, 0.1) is 0 Å². The maximum atomic E-state index is 13.6. The van der Waals surface area contributed by atoms with Gasteiger partial charge in [-0.25, -0.2) is 14.6 Å². The highest BCUT2D eigenvalue weighted by atomic mass is 35.5. The number of halogens is 1. The molecule has 1 heterocycles. The number of nitrogens with zero attached hydrogens (tertiary/aromatic N) is 3. The second kappa shape index (κ2) is 11.3. The second-order valence-electron chi connectivity index (χ2n) is 9.14. The first kappa shape index (κ1) is 27.5. The highest BCUT2D eigenvalue weighted by Crippen LogP contribution is 2.24. The summed E-state index contributed by atoms with van der Waals surface area (Å²) in [5.41, 5.74) is -0.462. The number of amides is 3. The van der Waals surface area contributed by atoms with Crippen molar-refractivity contribution in [2.75, 3.05) is 0 Å². The van der Waals surface area contributed by atoms with Gasteiger partial charge in [-0.05, 0) is 69.3 Å². The number of hydrogen-bond donors (Lipinski definition) is 0. The normalized spacial score (nSPS) is 11.8. The molecule has 0 N–H and O–H groups in total. The van der Waals surface area contributed by atoms with Gasteiger partial charge < -0.3 is 14.0 Å². The lowest BCUT2D eigenvalue weighted by Crippen LogP contribution is -2.60. The molecular formula is C27H28ClN3O6. The maximum absolute atomic E-state index is 13.6. The molecule has 10 heteroatoms. The third-order valence-corrected chi connectivity index (χ3v) is 5.45. The number of rotatable bonds is 5. The van der Waals surface area contributed by atoms with Gasteiger partial charge in [0.25, 0.3) is 11.8 Å². The zero-order chi connectivity index (χ0) is 27.3. The fourth-order valence-corrected chi connectivity index (χ4v) is 3.59. The Morgan fingerprint density at radius 2 is 1.43 bits per heavy atom. The molecule has 2 aromatic carbocycles. The van der Waals surface area contributed by atoms with E-state index in [1.165, 1.54) is 31.2 Å². The molecule has 0 saturated carbocycles. The van der Waals surface area contributed by atoms with Crippen LogP contribution in [0.15, 0.2) is 72.9 Å². The zero-order valence-corrected chi connectivity index (χ0v) is 21.9. The Labute approximate surface area is 220 Å². The Bertz CT molecular complexity index is 1280. The molecule has 1 aromatic heterocycles. The van der Waals surface area contributed by atoms with Gasteiger partial charge in [0, 0.05) is 36.3 Å². The highest BCUT2D eigenvalue weighted by Gasteiger charge is 2.41. The lowest BCUT2D eigenvalue weighted by Gasteiger charge is -2.41. The predicted molar refractivity (Wildman–Crippen MR) is 137 cm³/mol. The van der Waals surface area contributed by atoms with E-state index >= 15 is 0 Å². The number of benzene rings is 2. The largest absolute Gasteiger partial charge is 0.439 e. The summed E-state index contributed by atoms with van der Waals surface area (Å²) >= 11 is 5.96. The molecule has 194 valence electrons. The number of carbonyl (C=O) groups excluding carboxylic acids is 4. The van der Waals surface area contributed by atoms with E-state index in [1.807, 2.05) is 0 Å². The molecule has 0 aliphatic heterocycles. The molecule has 0 bridgehead atoms. The standard InChI is InChI=1S/C27H28ClN3O6/c1-18(36-25(34)22-12-9-17-29(22)5)37-26(35)30(23(32)20-13-15-21(28)16-14-20)31(27(2,3)4)24(33)19-10-7-6-8-11-19/h6-18H,1-5H3. The Balaban J connectivity index is 1.97. The molecule has 0 saturated heterocycles. The first-order valence-electron chi connectivity index (χ1n) is 11.4. The SMILES string of the molecule is CC(OC(=O)c1cccn1C)OC(=O)N(C(=O)c1ccc(Cl)cc1)N(C(=O)c1ccccc1)C(C)(C)C. The quantitative estimate of drug-likeness (QED) is 0.254. The number of aryl methyl sites for hydroxylation is 1. The van der Waals surface area contributed by atoms with E-state index in [0.717, 1.165) is 5.01 Å². The topological polar surface area (TPSA) is 98.2 Å². The van der Waals surface area contributed by atoms with Crippen molar-refractivity contribution < 1.29 is 28.7 Å². The van der Waals surface area contributed by atoms with E-state index in [4.69, 9.17) is 21.1 Å². The van der Waals surface area contributed by atoms with Crippen molar-refractivity contribution in [3.05, 3.63) is 94.8 Å². The van der Waals surface area contributed by atoms with E-state index < -0.39 is 35.7 Å². The zero-order valence-electron chi connectivity index (χ0n) is 21.2. The minimum atomic E-state index is -1.37. The van der Waals surface area contributed by atoms with Crippen molar-refractivity contribution in [1.29, 1.82) is 0 Å². The van der Waals surface area contributed by atoms with E-state index in [2.05, 4.69) is 0 Å². The third kappa shape index (κ3) is 6.56. The minimum absolute atomic E-state index is 0.0879. The van der Waals surface area contributed by atoms with Crippen LogP contribution in [0.2, 0.25) is 5.02 Å². The van der Waals surface area contributed by atoms with Crippen molar-refractivity contribution in [2.45, 2.75) is 39.5 Å². The van der Waals surface area contributed by atoms with Gasteiger partial charge in [0.15, 0.2) is 0 Å². The molecule has 37 heavy (non-hydrogen) atoms. The lowest BCUT2D eigenvalue weighted by molar-refractivity contribution is -0.0922. The van der Waals surface area contributed by atoms with Crippen LogP contribution in [-0.2, 0) is 16.5 Å². The van der Waals surface area contributed by atoms with Crippen LogP contribution < -0.4 is 0 Å². The summed E-state index contributed by atoms with van der Waals surface area (Å²) in [6.45, 7) is 6.34. The second-order valence-corrected chi connectivity index (χ2v) is 9.58. The van der Waals surface area contributed by atoms with Crippen LogP contribution in [0.1, 0.15) is 58.9 Å². The van der Waals surface area contributed by atoms with Gasteiger partial charge in [-0.15, -0.1) is 5.01 Å². The number of aromatic nitrogens is 1. The predicted octanol–water partition coefficient (Wildman–Crippen LogP) is 5.32. The molecule has 0 aliphatic carbocycles. The van der Waals surface area contributed by atoms with Crippen molar-refractivity contribution in [3.8, 4) is 0 Å². The molecule has 9 nitrogen and oxygen atoms in total. The molecule has 0 fully saturated rings. The van der Waals surface area contributed by atoms with Gasteiger partial charge in [0.1, 0.15) is 5.69 Å². The minimum Gasteiger partial charge on any atom is -0.421 e. The number of esters is 1. The van der Waals surface area contributed by atoms with Crippen LogP contribution in [0.25, 0.3) is 0 Å².